The van der Waals surface area contributed by atoms with Gasteiger partial charge < -0.3 is 0 Å². The third-order valence-electron chi connectivity index (χ3n) is 6.11. The van der Waals surface area contributed by atoms with Crippen LogP contribution in [0.25, 0.3) is 10.8 Å². The minimum absolute atomic E-state index is 0.0419. The number of benzene rings is 4. The fourth-order valence-corrected chi connectivity index (χ4v) is 6.12. The Labute approximate surface area is 219 Å². The van der Waals surface area contributed by atoms with Crippen LogP contribution in [0, 0.1) is 0 Å². The van der Waals surface area contributed by atoms with Gasteiger partial charge in [-0.2, -0.15) is 5.10 Å². The van der Waals surface area contributed by atoms with Gasteiger partial charge in [0.1, 0.15) is 6.54 Å². The summed E-state index contributed by atoms with van der Waals surface area (Å²) in [5.74, 6) is -0.609. The van der Waals surface area contributed by atoms with E-state index in [2.05, 4.69) is 22.7 Å². The summed E-state index contributed by atoms with van der Waals surface area (Å²) in [5, 5.41) is 6.88. The molecule has 1 N–H and O–H groups in total. The number of carbonyl (C=O) groups excluding carboxylic acids is 1. The second-order valence-electron chi connectivity index (χ2n) is 8.37. The number of halogens is 2. The first-order valence-corrected chi connectivity index (χ1v) is 13.4. The van der Waals surface area contributed by atoms with Crippen molar-refractivity contribution >= 4 is 61.8 Å². The quantitative estimate of drug-likeness (QED) is 0.246. The maximum Gasteiger partial charge on any atom is 0.264 e. The van der Waals surface area contributed by atoms with E-state index in [1.165, 1.54) is 46.8 Å². The van der Waals surface area contributed by atoms with Gasteiger partial charge in [-0.1, -0.05) is 71.7 Å². The third-order valence-corrected chi connectivity index (χ3v) is 8.64. The van der Waals surface area contributed by atoms with Gasteiger partial charge in [0.05, 0.1) is 26.8 Å². The molecule has 0 aliphatic heterocycles. The molecule has 0 saturated carbocycles. The molecular formula is C27H21Cl2N3O3S. The number of hydrogen-bond acceptors (Lipinski definition) is 4. The van der Waals surface area contributed by atoms with Crippen molar-refractivity contribution < 1.29 is 13.2 Å². The Morgan fingerprint density at radius 2 is 1.67 bits per heavy atom. The number of aryl methyl sites for hydroxylation is 2. The third kappa shape index (κ3) is 4.69. The van der Waals surface area contributed by atoms with Crippen molar-refractivity contribution in [2.24, 2.45) is 5.10 Å². The Morgan fingerprint density at radius 3 is 2.42 bits per heavy atom. The van der Waals surface area contributed by atoms with Crippen molar-refractivity contribution in [3.8, 4) is 0 Å². The van der Waals surface area contributed by atoms with E-state index in [1.807, 2.05) is 18.2 Å². The van der Waals surface area contributed by atoms with Crippen molar-refractivity contribution in [1.29, 1.82) is 0 Å². The number of rotatable bonds is 7. The smallest absolute Gasteiger partial charge is 0.264 e. The van der Waals surface area contributed by atoms with Gasteiger partial charge in [-0.15, -0.1) is 0 Å². The molecule has 4 aromatic rings. The summed E-state index contributed by atoms with van der Waals surface area (Å²) in [4.78, 5) is 12.9. The normalized spacial score (nSPS) is 12.8. The number of carbonyl (C=O) groups is 1. The topological polar surface area (TPSA) is 78.8 Å². The molecule has 182 valence electrons. The summed E-state index contributed by atoms with van der Waals surface area (Å²) in [6.45, 7) is -0.504. The number of hydrazone groups is 1. The minimum atomic E-state index is -4.07. The Hall–Kier alpha value is -3.39. The largest absolute Gasteiger partial charge is 0.271 e. The lowest BCUT2D eigenvalue weighted by Crippen LogP contribution is -2.39. The summed E-state index contributed by atoms with van der Waals surface area (Å²) in [5.41, 5.74) is 6.16. The first-order chi connectivity index (χ1) is 17.3. The summed E-state index contributed by atoms with van der Waals surface area (Å²) >= 11 is 12.2. The number of nitrogens with one attached hydrogen (secondary N) is 1. The molecule has 0 bridgehead atoms. The van der Waals surface area contributed by atoms with Crippen molar-refractivity contribution in [2.75, 3.05) is 10.8 Å². The van der Waals surface area contributed by atoms with E-state index in [4.69, 9.17) is 23.2 Å². The van der Waals surface area contributed by atoms with E-state index in [0.29, 0.717) is 0 Å². The van der Waals surface area contributed by atoms with Gasteiger partial charge in [-0.25, -0.2) is 13.8 Å². The van der Waals surface area contributed by atoms with Crippen LogP contribution < -0.4 is 9.73 Å². The van der Waals surface area contributed by atoms with Crippen molar-refractivity contribution in [3.63, 3.8) is 0 Å². The van der Waals surface area contributed by atoms with Gasteiger partial charge in [0.25, 0.3) is 15.9 Å². The first kappa shape index (κ1) is 24.3. The van der Waals surface area contributed by atoms with Crippen LogP contribution >= 0.6 is 23.2 Å². The summed E-state index contributed by atoms with van der Waals surface area (Å²) in [7, 11) is -4.07. The summed E-state index contributed by atoms with van der Waals surface area (Å²) < 4.78 is 27.8. The number of anilines is 1. The molecular weight excluding hydrogens is 517 g/mol. The highest BCUT2D eigenvalue weighted by Crippen LogP contribution is 2.32. The molecule has 1 aliphatic rings. The van der Waals surface area contributed by atoms with Crippen LogP contribution in [0.15, 0.2) is 88.9 Å². The molecule has 36 heavy (non-hydrogen) atoms. The van der Waals surface area contributed by atoms with Gasteiger partial charge in [0.2, 0.25) is 0 Å². The van der Waals surface area contributed by atoms with Crippen LogP contribution in [-0.4, -0.2) is 27.1 Å². The highest BCUT2D eigenvalue weighted by molar-refractivity contribution is 7.92. The van der Waals surface area contributed by atoms with Gasteiger partial charge in [-0.05, 0) is 65.1 Å². The Morgan fingerprint density at radius 1 is 0.917 bits per heavy atom. The fourth-order valence-electron chi connectivity index (χ4n) is 4.40. The van der Waals surface area contributed by atoms with E-state index in [1.54, 1.807) is 24.4 Å². The standard InChI is InChI=1S/C27H21Cl2N3O3S/c28-24-14-13-21(15-25(24)29)32(36(34,35)22-6-2-1-3-7-22)17-26(33)31-30-16-20-12-11-19-10-9-18-5-4-8-23(20)27(18)19/h1-8,11-16H,9-10,17H2,(H,31,33). The van der Waals surface area contributed by atoms with Crippen molar-refractivity contribution in [2.45, 2.75) is 17.7 Å². The van der Waals surface area contributed by atoms with Crippen LogP contribution in [-0.2, 0) is 27.7 Å². The number of sulfonamides is 1. The Balaban J connectivity index is 1.40. The van der Waals surface area contributed by atoms with Crippen LogP contribution in [0.5, 0.6) is 0 Å². The lowest BCUT2D eigenvalue weighted by molar-refractivity contribution is -0.119. The van der Waals surface area contributed by atoms with Crippen LogP contribution in [0.2, 0.25) is 10.0 Å². The maximum absolute atomic E-state index is 13.4. The molecule has 0 unspecified atom stereocenters. The molecule has 0 fully saturated rings. The number of hydrogen-bond donors (Lipinski definition) is 1. The molecule has 0 aromatic heterocycles. The van der Waals surface area contributed by atoms with Gasteiger partial charge in [-0.3, -0.25) is 9.10 Å². The average molecular weight is 538 g/mol. The van der Waals surface area contributed by atoms with Gasteiger partial charge >= 0.3 is 0 Å². The molecule has 0 radical (unpaired) electrons. The van der Waals surface area contributed by atoms with Crippen LogP contribution in [0.1, 0.15) is 16.7 Å². The maximum atomic E-state index is 13.4. The highest BCUT2D eigenvalue weighted by Gasteiger charge is 2.27. The van der Waals surface area contributed by atoms with E-state index in [0.717, 1.165) is 28.1 Å². The predicted octanol–water partition coefficient (Wildman–Crippen LogP) is 5.59. The van der Waals surface area contributed by atoms with E-state index < -0.39 is 22.5 Å². The van der Waals surface area contributed by atoms with E-state index in [9.17, 15) is 13.2 Å². The first-order valence-electron chi connectivity index (χ1n) is 11.2. The minimum Gasteiger partial charge on any atom is -0.271 e. The Bertz CT molecular complexity index is 1600. The fraction of sp³-hybridized carbons (Fsp3) is 0.111. The number of nitrogens with zero attached hydrogens (tertiary/aromatic N) is 2. The zero-order valence-electron chi connectivity index (χ0n) is 19.0. The molecule has 6 nitrogen and oxygen atoms in total. The molecule has 0 saturated heterocycles. The zero-order valence-corrected chi connectivity index (χ0v) is 21.3. The molecule has 5 rings (SSSR count). The van der Waals surface area contributed by atoms with Gasteiger partial charge in [0, 0.05) is 5.56 Å². The molecule has 0 atom stereocenters. The lowest BCUT2D eigenvalue weighted by Gasteiger charge is -2.24. The molecule has 9 heteroatoms. The van der Waals surface area contributed by atoms with Crippen molar-refractivity contribution in [1.82, 2.24) is 5.43 Å². The predicted molar refractivity (Wildman–Crippen MR) is 145 cm³/mol. The SMILES string of the molecule is O=C(CN(c1ccc(Cl)c(Cl)c1)S(=O)(=O)c1ccccc1)NN=Cc1ccc2c3c(cccc13)CC2. The van der Waals surface area contributed by atoms with Gasteiger partial charge in [0.15, 0.2) is 0 Å². The highest BCUT2D eigenvalue weighted by atomic mass is 35.5. The summed E-state index contributed by atoms with van der Waals surface area (Å²) in [6.07, 6.45) is 3.61. The molecule has 1 aliphatic carbocycles. The lowest BCUT2D eigenvalue weighted by atomic mass is 10.0. The molecule has 1 amide bonds. The average Bonchev–Trinajstić information content (AvgIpc) is 3.31. The Kier molecular flexibility index (Phi) is 6.71. The molecule has 0 spiro atoms. The molecule has 0 heterocycles. The number of amides is 1. The molecule has 4 aromatic carbocycles. The second kappa shape index (κ2) is 9.93. The summed E-state index contributed by atoms with van der Waals surface area (Å²) in [6, 6.07) is 22.5. The van der Waals surface area contributed by atoms with Crippen molar-refractivity contribution in [3.05, 3.63) is 106 Å². The monoisotopic (exact) mass is 537 g/mol. The zero-order chi connectivity index (χ0) is 25.3. The second-order valence-corrected chi connectivity index (χ2v) is 11.0. The van der Waals surface area contributed by atoms with E-state index >= 15 is 0 Å². The van der Waals surface area contributed by atoms with Crippen LogP contribution in [0.4, 0.5) is 5.69 Å². The van der Waals surface area contributed by atoms with Crippen LogP contribution in [0.3, 0.4) is 0 Å². The van der Waals surface area contributed by atoms with E-state index in [-0.39, 0.29) is 20.6 Å².